The molecule has 1 aromatic carbocycles. The number of hydrogen-bond acceptors (Lipinski definition) is 10. The van der Waals surface area contributed by atoms with Gasteiger partial charge in [0.1, 0.15) is 15.2 Å². The molecule has 196 valence electrons. The number of carbonyl (C=O) groups is 1. The van der Waals surface area contributed by atoms with Gasteiger partial charge in [-0.05, 0) is 55.3 Å². The van der Waals surface area contributed by atoms with E-state index in [1.807, 2.05) is 28.7 Å². The van der Waals surface area contributed by atoms with E-state index in [-0.39, 0.29) is 22.6 Å². The molecule has 1 unspecified atom stereocenters. The van der Waals surface area contributed by atoms with Crippen LogP contribution in [0.3, 0.4) is 0 Å². The molecule has 7 N–H and O–H groups in total. The third-order valence-electron chi connectivity index (χ3n) is 5.72. The van der Waals surface area contributed by atoms with Crippen LogP contribution in [0.1, 0.15) is 12.8 Å². The topological polar surface area (TPSA) is 169 Å². The van der Waals surface area contributed by atoms with Crippen LogP contribution in [0.25, 0.3) is 11.3 Å². The first-order valence-corrected chi connectivity index (χ1v) is 13.1. The molecular weight excluding hydrogens is 634 g/mol. The molecule has 0 spiro atoms. The van der Waals surface area contributed by atoms with Gasteiger partial charge in [-0.25, -0.2) is 9.97 Å². The first-order chi connectivity index (χ1) is 17.6. The maximum Gasteiger partial charge on any atom is 0.257 e. The van der Waals surface area contributed by atoms with Crippen molar-refractivity contribution in [2.24, 2.45) is 5.73 Å². The minimum atomic E-state index is -0.988. The second kappa shape index (κ2) is 11.4. The number of carbonyl (C=O) groups excluding carboxylic acids is 1. The van der Waals surface area contributed by atoms with Gasteiger partial charge in [0.05, 0.1) is 22.1 Å². The summed E-state index contributed by atoms with van der Waals surface area (Å²) in [4.78, 5) is 23.6. The van der Waals surface area contributed by atoms with Gasteiger partial charge in [0.15, 0.2) is 5.82 Å². The number of anilines is 5. The molecule has 37 heavy (non-hydrogen) atoms. The second-order valence-corrected chi connectivity index (χ2v) is 11.1. The summed E-state index contributed by atoms with van der Waals surface area (Å²) in [6.45, 7) is 1.42. The lowest BCUT2D eigenvalue weighted by Crippen LogP contribution is -2.55. The number of nitrogen functional groups attached to an aromatic ring is 1. The molecule has 4 rings (SSSR count). The summed E-state index contributed by atoms with van der Waals surface area (Å²) in [5.74, 6) is 0.720. The van der Waals surface area contributed by atoms with E-state index in [4.69, 9.17) is 44.9 Å². The van der Waals surface area contributed by atoms with E-state index in [1.54, 1.807) is 29.2 Å². The predicted octanol–water partition coefficient (Wildman–Crippen LogP) is 4.47. The molecule has 0 saturated carbocycles. The summed E-state index contributed by atoms with van der Waals surface area (Å²) >= 11 is 14.6. The Morgan fingerprint density at radius 3 is 2.46 bits per heavy atom. The Kier molecular flexibility index (Phi) is 8.46. The highest BCUT2D eigenvalue weighted by Crippen LogP contribution is 2.39. The molecule has 0 radical (unpaired) electrons. The lowest BCUT2D eigenvalue weighted by Gasteiger charge is -2.36. The molecule has 1 aliphatic heterocycles. The zero-order valence-electron chi connectivity index (χ0n) is 19.4. The molecule has 1 saturated heterocycles. The fourth-order valence-electron chi connectivity index (χ4n) is 3.91. The summed E-state index contributed by atoms with van der Waals surface area (Å²) < 4.78 is -0.988. The summed E-state index contributed by atoms with van der Waals surface area (Å²) in [6, 6.07) is 11.6. The van der Waals surface area contributed by atoms with Crippen molar-refractivity contribution in [1.29, 1.82) is 0 Å². The number of nitrogens with two attached hydrogens (primary N) is 2. The number of hydrogen-bond donors (Lipinski definition) is 5. The number of nitrogens with one attached hydrogen (secondary N) is 2. The van der Waals surface area contributed by atoms with Crippen molar-refractivity contribution in [3.05, 3.63) is 57.7 Å². The van der Waals surface area contributed by atoms with Gasteiger partial charge in [-0.15, -0.1) is 0 Å². The first kappa shape index (κ1) is 27.4. The van der Waals surface area contributed by atoms with E-state index in [9.17, 15) is 10.0 Å². The lowest BCUT2D eigenvalue weighted by atomic mass is 10.0. The maximum absolute atomic E-state index is 13.1. The van der Waals surface area contributed by atoms with Crippen LogP contribution in [0.4, 0.5) is 28.8 Å². The van der Waals surface area contributed by atoms with Crippen LogP contribution in [0.2, 0.25) is 10.0 Å². The third-order valence-corrected chi connectivity index (χ3v) is 7.27. The third kappa shape index (κ3) is 6.27. The van der Waals surface area contributed by atoms with E-state index in [1.165, 1.54) is 12.1 Å². The summed E-state index contributed by atoms with van der Waals surface area (Å²) in [7, 11) is 0. The van der Waals surface area contributed by atoms with E-state index in [0.29, 0.717) is 64.7 Å². The van der Waals surface area contributed by atoms with Crippen LogP contribution in [-0.2, 0) is 4.79 Å². The zero-order valence-corrected chi connectivity index (χ0v) is 23.1. The van der Waals surface area contributed by atoms with Crippen LogP contribution in [0.5, 0.6) is 0 Å². The molecule has 1 atom stereocenters. The van der Waals surface area contributed by atoms with Gasteiger partial charge in [0.25, 0.3) is 5.91 Å². The molecule has 1 fully saturated rings. The predicted molar refractivity (Wildman–Crippen MR) is 155 cm³/mol. The first-order valence-electron chi connectivity index (χ1n) is 11.2. The molecule has 3 heterocycles. The second-order valence-electron chi connectivity index (χ2n) is 8.34. The Balaban J connectivity index is 1.54. The monoisotopic (exact) mass is 657 g/mol. The number of nitrogens with zero attached hydrogens (tertiary/aromatic N) is 4. The standard InChI is InChI=1S/C23H24Cl2IN8O3/c24-13-2-3-14(15(25)12-13)20-16(33-11-1-8-23(26,28)22(33)35)4-6-18(31-20)29-9-10-30-19-7-5-17(34(36)37)21(27)32-19/h2-7,12,36H,1,8-11,28H2,(H,29,31)(H3,27,30,32)/q-1. The van der Waals surface area contributed by atoms with Crippen molar-refractivity contribution in [3.63, 3.8) is 0 Å². The summed E-state index contributed by atoms with van der Waals surface area (Å²) in [6.07, 6.45) is 1.35. The number of rotatable bonds is 8. The van der Waals surface area contributed by atoms with Crippen LogP contribution < -0.4 is 32.2 Å². The Hall–Kier alpha value is -2.62. The number of halogens is 3. The van der Waals surface area contributed by atoms with Gasteiger partial charge < -0.3 is 37.4 Å². The number of alkyl halides is 1. The quantitative estimate of drug-likeness (QED) is 0.0766. The number of aromatic nitrogens is 2. The fourth-order valence-corrected chi connectivity index (χ4v) is 5.08. The van der Waals surface area contributed by atoms with Gasteiger partial charge >= 0.3 is 0 Å². The van der Waals surface area contributed by atoms with Gasteiger partial charge in [0, 0.05) is 30.2 Å². The minimum Gasteiger partial charge on any atom is -0.733 e. The average Bonchev–Trinajstić information content (AvgIpc) is 2.83. The van der Waals surface area contributed by atoms with Crippen molar-refractivity contribution in [1.82, 2.24) is 9.97 Å². The number of benzene rings is 1. The molecule has 11 nitrogen and oxygen atoms in total. The number of amides is 1. The molecule has 1 aliphatic rings. The smallest absolute Gasteiger partial charge is 0.257 e. The molecule has 2 aromatic heterocycles. The van der Waals surface area contributed by atoms with Gasteiger partial charge in [0.2, 0.25) is 0 Å². The normalized spacial score (nSPS) is 17.6. The molecule has 3 aromatic rings. The SMILES string of the molecule is Nc1nc(NCCNc2ccc(N3CCCC(N)(I)C3=O)c(-c3ccc(Cl)cc3Cl)n2)ccc1N([O-])O. The largest absolute Gasteiger partial charge is 0.733 e. The van der Waals surface area contributed by atoms with Crippen molar-refractivity contribution in [2.75, 3.05) is 46.1 Å². The highest BCUT2D eigenvalue weighted by molar-refractivity contribution is 14.1. The molecule has 0 bridgehead atoms. The highest BCUT2D eigenvalue weighted by Gasteiger charge is 2.39. The van der Waals surface area contributed by atoms with Crippen LogP contribution in [0, 0.1) is 5.21 Å². The Morgan fingerprint density at radius 1 is 1.14 bits per heavy atom. The van der Waals surface area contributed by atoms with Gasteiger partial charge in [-0.2, -0.15) is 0 Å². The van der Waals surface area contributed by atoms with Crippen LogP contribution in [-0.4, -0.2) is 44.3 Å². The minimum absolute atomic E-state index is 0.0996. The Morgan fingerprint density at radius 2 is 1.81 bits per heavy atom. The highest BCUT2D eigenvalue weighted by atomic mass is 127. The van der Waals surface area contributed by atoms with E-state index < -0.39 is 3.55 Å². The average molecular weight is 658 g/mol. The van der Waals surface area contributed by atoms with E-state index in [2.05, 4.69) is 15.6 Å². The van der Waals surface area contributed by atoms with Crippen LogP contribution >= 0.6 is 45.8 Å². The molecular formula is C23H24Cl2IN8O3-. The van der Waals surface area contributed by atoms with Crippen molar-refractivity contribution in [3.8, 4) is 11.3 Å². The van der Waals surface area contributed by atoms with Crippen molar-refractivity contribution < 1.29 is 10.0 Å². The van der Waals surface area contributed by atoms with Crippen molar-refractivity contribution >= 4 is 80.5 Å². The Labute approximate surface area is 236 Å². The zero-order chi connectivity index (χ0) is 26.7. The molecule has 1 amide bonds. The Bertz CT molecular complexity index is 1310. The maximum atomic E-state index is 13.1. The summed E-state index contributed by atoms with van der Waals surface area (Å²) in [5, 5.41) is 26.9. The molecule has 14 heteroatoms. The van der Waals surface area contributed by atoms with E-state index in [0.717, 1.165) is 6.42 Å². The summed E-state index contributed by atoms with van der Waals surface area (Å²) in [5.41, 5.74) is 13.6. The van der Waals surface area contributed by atoms with E-state index >= 15 is 0 Å². The fraction of sp³-hybridized carbons (Fsp3) is 0.261. The van der Waals surface area contributed by atoms with Gasteiger partial charge in [-0.1, -0.05) is 45.8 Å². The van der Waals surface area contributed by atoms with Crippen LogP contribution in [0.15, 0.2) is 42.5 Å². The van der Waals surface area contributed by atoms with Crippen molar-refractivity contribution in [2.45, 2.75) is 16.4 Å². The lowest BCUT2D eigenvalue weighted by molar-refractivity contribution is -0.121. The van der Waals surface area contributed by atoms with Gasteiger partial charge in [-0.3, -0.25) is 10.0 Å². The number of piperidine rings is 1. The molecule has 0 aliphatic carbocycles. The number of pyridine rings is 2.